The zero-order valence-electron chi connectivity index (χ0n) is 18.6. The van der Waals surface area contributed by atoms with E-state index in [0.29, 0.717) is 11.4 Å². The number of para-hydroxylation sites is 2. The van der Waals surface area contributed by atoms with Gasteiger partial charge in [-0.05, 0) is 47.5 Å². The van der Waals surface area contributed by atoms with Crippen LogP contribution in [-0.2, 0) is 15.0 Å². The lowest BCUT2D eigenvalue weighted by atomic mass is 9.76. The minimum Gasteiger partial charge on any atom is -0.491 e. The van der Waals surface area contributed by atoms with Gasteiger partial charge in [0.2, 0.25) is 11.8 Å². The molecule has 2 aliphatic heterocycles. The van der Waals surface area contributed by atoms with Crippen molar-refractivity contribution in [2.24, 2.45) is 0 Å². The van der Waals surface area contributed by atoms with E-state index in [-0.39, 0.29) is 24.7 Å². The Kier molecular flexibility index (Phi) is 4.84. The predicted molar refractivity (Wildman–Crippen MR) is 130 cm³/mol. The Balaban J connectivity index is 1.39. The molecule has 0 radical (unpaired) electrons. The second-order valence-corrected chi connectivity index (χ2v) is 8.58. The van der Waals surface area contributed by atoms with Gasteiger partial charge in [0.05, 0.1) is 5.69 Å². The van der Waals surface area contributed by atoms with Crippen LogP contribution in [0.1, 0.15) is 11.1 Å². The summed E-state index contributed by atoms with van der Waals surface area (Å²) in [6.07, 6.45) is 3.48. The number of carbonyl (C=O) groups excluding carboxylic acids is 2. The lowest BCUT2D eigenvalue weighted by Crippen LogP contribution is -2.45. The van der Waals surface area contributed by atoms with E-state index in [1.165, 1.54) is 17.0 Å². The molecule has 4 aromatic rings. The molecule has 1 unspecified atom stereocenters. The van der Waals surface area contributed by atoms with Crippen LogP contribution in [0, 0.1) is 5.82 Å². The molecule has 1 atom stereocenters. The Bertz CT molecular complexity index is 1470. The van der Waals surface area contributed by atoms with Gasteiger partial charge in [0.1, 0.15) is 30.1 Å². The molecule has 3 heterocycles. The number of pyridine rings is 1. The lowest BCUT2D eigenvalue weighted by molar-refractivity contribution is -0.124. The molecular weight excluding hydrogens is 445 g/mol. The maximum absolute atomic E-state index is 14.0. The van der Waals surface area contributed by atoms with E-state index in [0.717, 1.165) is 22.3 Å². The first-order chi connectivity index (χ1) is 17.1. The van der Waals surface area contributed by atoms with Gasteiger partial charge in [-0.2, -0.15) is 0 Å². The highest BCUT2D eigenvalue weighted by molar-refractivity contribution is 6.14. The number of hydrogen-bond donors (Lipinski definition) is 1. The highest BCUT2D eigenvalue weighted by atomic mass is 19.1. The van der Waals surface area contributed by atoms with Crippen LogP contribution in [0.4, 0.5) is 15.8 Å². The Morgan fingerprint density at radius 1 is 1.00 bits per heavy atom. The van der Waals surface area contributed by atoms with Crippen LogP contribution >= 0.6 is 0 Å². The summed E-state index contributed by atoms with van der Waals surface area (Å²) in [4.78, 5) is 32.5. The largest absolute Gasteiger partial charge is 0.491 e. The average Bonchev–Trinajstić information content (AvgIpc) is 3.38. The van der Waals surface area contributed by atoms with Crippen molar-refractivity contribution in [3.05, 3.63) is 108 Å². The first-order valence-corrected chi connectivity index (χ1v) is 11.2. The fourth-order valence-electron chi connectivity index (χ4n) is 4.94. The molecule has 0 saturated heterocycles. The number of hydrogen-bond acceptors (Lipinski definition) is 4. The van der Waals surface area contributed by atoms with E-state index in [1.54, 1.807) is 24.5 Å². The van der Waals surface area contributed by atoms with Crippen LogP contribution < -0.4 is 15.0 Å². The molecular formula is C28H20FN3O3. The van der Waals surface area contributed by atoms with Gasteiger partial charge in [-0.15, -0.1) is 0 Å². The smallest absolute Gasteiger partial charge is 0.246 e. The normalized spacial score (nSPS) is 17.7. The minimum atomic E-state index is -1.07. The van der Waals surface area contributed by atoms with Crippen LogP contribution in [0.5, 0.6) is 5.75 Å². The van der Waals surface area contributed by atoms with Crippen LogP contribution in [0.2, 0.25) is 0 Å². The predicted octanol–water partition coefficient (Wildman–Crippen LogP) is 4.55. The van der Waals surface area contributed by atoms with E-state index in [2.05, 4.69) is 10.3 Å². The number of benzene rings is 3. The van der Waals surface area contributed by atoms with Gasteiger partial charge in [-0.3, -0.25) is 14.6 Å². The molecule has 7 heteroatoms. The molecule has 35 heavy (non-hydrogen) atoms. The number of amides is 2. The summed E-state index contributed by atoms with van der Waals surface area (Å²) in [5, 5.41) is 2.57. The number of carbonyl (C=O) groups is 2. The van der Waals surface area contributed by atoms with Crippen LogP contribution in [0.25, 0.3) is 11.1 Å². The minimum absolute atomic E-state index is 0.0720. The lowest BCUT2D eigenvalue weighted by Gasteiger charge is -2.23. The number of nitrogens with one attached hydrogen (secondary N) is 1. The molecule has 0 aliphatic carbocycles. The highest BCUT2D eigenvalue weighted by Gasteiger charge is 2.57. The first-order valence-electron chi connectivity index (χ1n) is 11.2. The molecule has 6 nitrogen and oxygen atoms in total. The maximum atomic E-state index is 14.0. The number of fused-ring (bicyclic) bond motifs is 4. The van der Waals surface area contributed by atoms with Crippen molar-refractivity contribution in [2.45, 2.75) is 5.41 Å². The molecule has 2 amide bonds. The monoisotopic (exact) mass is 465 g/mol. The summed E-state index contributed by atoms with van der Waals surface area (Å²) in [5.74, 6) is -0.631. The van der Waals surface area contributed by atoms with Crippen molar-refractivity contribution in [1.29, 1.82) is 0 Å². The van der Waals surface area contributed by atoms with Gasteiger partial charge < -0.3 is 15.0 Å². The van der Waals surface area contributed by atoms with E-state index >= 15 is 0 Å². The fourth-order valence-corrected chi connectivity index (χ4v) is 4.94. The Morgan fingerprint density at radius 2 is 1.83 bits per heavy atom. The van der Waals surface area contributed by atoms with E-state index in [4.69, 9.17) is 4.74 Å². The van der Waals surface area contributed by atoms with Gasteiger partial charge in [-0.25, -0.2) is 4.39 Å². The average molecular weight is 465 g/mol. The summed E-state index contributed by atoms with van der Waals surface area (Å²) < 4.78 is 20.1. The molecule has 6 rings (SSSR count). The van der Waals surface area contributed by atoms with Crippen molar-refractivity contribution >= 4 is 23.2 Å². The zero-order valence-corrected chi connectivity index (χ0v) is 18.6. The molecule has 0 fully saturated rings. The zero-order chi connectivity index (χ0) is 24.0. The number of rotatable bonds is 4. The van der Waals surface area contributed by atoms with Crippen LogP contribution in [0.3, 0.4) is 0 Å². The van der Waals surface area contributed by atoms with Gasteiger partial charge in [0, 0.05) is 29.2 Å². The third kappa shape index (κ3) is 3.27. The van der Waals surface area contributed by atoms with Crippen LogP contribution in [-0.4, -0.2) is 29.9 Å². The quantitative estimate of drug-likeness (QED) is 0.480. The van der Waals surface area contributed by atoms with E-state index in [9.17, 15) is 14.0 Å². The Labute approximate surface area is 201 Å². The van der Waals surface area contributed by atoms with Crippen molar-refractivity contribution in [3.63, 3.8) is 0 Å². The molecule has 0 saturated carbocycles. The third-order valence-corrected chi connectivity index (χ3v) is 6.59. The number of halogens is 1. The summed E-state index contributed by atoms with van der Waals surface area (Å²) in [7, 11) is 0. The second-order valence-electron chi connectivity index (χ2n) is 8.58. The first kappa shape index (κ1) is 21.0. The summed E-state index contributed by atoms with van der Waals surface area (Å²) in [5.41, 5.74) is 3.04. The van der Waals surface area contributed by atoms with Gasteiger partial charge in [0.15, 0.2) is 0 Å². The number of ether oxygens (including phenoxy) is 1. The summed E-state index contributed by atoms with van der Waals surface area (Å²) in [6, 6.07) is 23.0. The van der Waals surface area contributed by atoms with Gasteiger partial charge >= 0.3 is 0 Å². The summed E-state index contributed by atoms with van der Waals surface area (Å²) >= 11 is 0. The van der Waals surface area contributed by atoms with Crippen molar-refractivity contribution < 1.29 is 18.7 Å². The maximum Gasteiger partial charge on any atom is 0.246 e. The van der Waals surface area contributed by atoms with Gasteiger partial charge in [-0.1, -0.05) is 42.5 Å². The molecule has 0 bridgehead atoms. The molecule has 3 aromatic carbocycles. The third-order valence-electron chi connectivity index (χ3n) is 6.59. The fraction of sp³-hybridized carbons (Fsp3) is 0.107. The van der Waals surface area contributed by atoms with Crippen molar-refractivity contribution in [1.82, 2.24) is 4.98 Å². The molecule has 1 spiro atoms. The van der Waals surface area contributed by atoms with Crippen molar-refractivity contribution in [2.75, 3.05) is 23.4 Å². The highest BCUT2D eigenvalue weighted by Crippen LogP contribution is 2.52. The topological polar surface area (TPSA) is 71.5 Å². The molecule has 2 aliphatic rings. The van der Waals surface area contributed by atoms with E-state index in [1.807, 2.05) is 54.6 Å². The van der Waals surface area contributed by atoms with Crippen LogP contribution in [0.15, 0.2) is 91.3 Å². The standard InChI is InChI=1S/C28H20FN3O3/c29-22-8-2-3-9-23(22)31-26(33)16-32-24-10-4-1-7-20(24)28(27(32)34)17-35-25-12-11-18(14-21(25)28)19-6-5-13-30-15-19/h1-15H,16-17H2,(H,31,33). The Hall–Kier alpha value is -4.52. The number of anilines is 2. The molecule has 1 N–H and O–H groups in total. The van der Waals surface area contributed by atoms with Gasteiger partial charge in [0.25, 0.3) is 0 Å². The summed E-state index contributed by atoms with van der Waals surface area (Å²) in [6.45, 7) is -0.107. The molecule has 1 aromatic heterocycles. The van der Waals surface area contributed by atoms with E-state index < -0.39 is 17.1 Å². The Morgan fingerprint density at radius 3 is 2.66 bits per heavy atom. The number of nitrogens with zero attached hydrogens (tertiary/aromatic N) is 2. The number of aromatic nitrogens is 1. The van der Waals surface area contributed by atoms with Crippen molar-refractivity contribution in [3.8, 4) is 16.9 Å². The second kappa shape index (κ2) is 8.06. The molecule has 172 valence electrons. The SMILES string of the molecule is O=C(CN1C(=O)C2(COc3ccc(-c4cccnc4)cc32)c2ccccc21)Nc1ccccc1F.